The molecule has 7 saturated carbocycles. The van der Waals surface area contributed by atoms with Gasteiger partial charge in [-0.2, -0.15) is 0 Å². The van der Waals surface area contributed by atoms with Gasteiger partial charge in [-0.05, 0) is 199 Å². The Kier molecular flexibility index (Phi) is 16.1. The summed E-state index contributed by atoms with van der Waals surface area (Å²) in [5.41, 5.74) is 0.0332. The summed E-state index contributed by atoms with van der Waals surface area (Å²) in [6, 6.07) is 0. The Balaban J connectivity index is 0.000000211. The fourth-order valence-corrected chi connectivity index (χ4v) is 21.2. The number of rotatable bonds is 8. The van der Waals surface area contributed by atoms with Crippen molar-refractivity contribution >= 4 is 11.9 Å². The number of allylic oxidation sites excluding steroid dienone is 2. The highest BCUT2D eigenvalue weighted by Crippen LogP contribution is 2.71. The molecule has 450 valence electrons. The van der Waals surface area contributed by atoms with Crippen molar-refractivity contribution in [3.63, 3.8) is 0 Å². The minimum atomic E-state index is -1.01. The summed E-state index contributed by atoms with van der Waals surface area (Å²) in [5, 5.41) is 66.9. The van der Waals surface area contributed by atoms with Crippen molar-refractivity contribution in [2.75, 3.05) is 13.2 Å². The molecule has 0 aromatic heterocycles. The lowest BCUT2D eigenvalue weighted by Gasteiger charge is -2.65. The number of esters is 2. The van der Waals surface area contributed by atoms with Crippen LogP contribution in [0.1, 0.15) is 177 Å². The molecular weight excluding hydrogens is 1020 g/mol. The minimum Gasteiger partial charge on any atom is -0.465 e. The SMILES string of the molecule is C[C@H]1O[C@@H](O[C@H]2[C@@H](O)C[C@H](O[C@H]3[C@@H](O)C[C@H](O[C@H]4CC[C@@]5(C)[C@H](CC[C@@H]6[C@@H]5C[C@@H](O)[C@]5(C)[C@@H](C7=CC(=O)OC7)CC[C@]65O)C4)O[C@@H]3C)O[C@@H]2C)C[C@H](O)[C@@H]1O.C[C@]12CC[C@H]3[C@@H](CCC4CCC=C[C@@]43C)[C@H]1CC[C@@H]2[C@@H]1COC(=O)C1. The topological polar surface area (TPSA) is 229 Å². The second-order valence-electron chi connectivity index (χ2n) is 29.2. The predicted molar refractivity (Wildman–Crippen MR) is 291 cm³/mol. The molecule has 5 aliphatic heterocycles. The number of carbonyl (C=O) groups excluding carboxylic acids is 2. The standard InChI is InChI=1S/C41H64O14.C23H34O2/c1-19-36(47)28(42)15-34(50-19)54-38-21(3)52-35(17-30(38)44)55-37-20(2)51-33(16-29(37)43)53-24-8-10-39(4)23(13-24)6-7-26-27(39)14-31(45)40(5)25(9-11-41(26,40)48)22-12-32(46)49-18-22;1-22-11-4-3-5-16(22)6-7-17-19-9-8-18(15-13-21(24)25-14-15)23(19,2)12-10-20(17)22/h12,19-21,23-31,33-38,42-45,47-48H,6-11,13-18H2,1-5H3;4,11,15-20H,3,5-10,12-14H2,1-2H3/t19-,20-,21-,23-,24+,25-,26-,27+,28+,29+,30+,31-,33+,34+,35+,36-,37-,38-,39+,40+,41+;15-,16?,17-,18+,19+,20-,22-,23+/m10/s1. The van der Waals surface area contributed by atoms with Crippen LogP contribution in [0.25, 0.3) is 0 Å². The molecule has 13 rings (SSSR count). The summed E-state index contributed by atoms with van der Waals surface area (Å²) in [4.78, 5) is 23.6. The van der Waals surface area contributed by atoms with E-state index in [1.54, 1.807) is 19.9 Å². The molecule has 0 bridgehead atoms. The van der Waals surface area contributed by atoms with Gasteiger partial charge in [0.15, 0.2) is 18.9 Å². The summed E-state index contributed by atoms with van der Waals surface area (Å²) < 4.78 is 47.4. The molecule has 11 fully saturated rings. The van der Waals surface area contributed by atoms with Crippen LogP contribution in [0.3, 0.4) is 0 Å². The third-order valence-corrected chi connectivity index (χ3v) is 25.6. The van der Waals surface area contributed by atoms with Gasteiger partial charge in [-0.25, -0.2) is 4.79 Å². The quantitative estimate of drug-likeness (QED) is 0.0781. The van der Waals surface area contributed by atoms with E-state index in [9.17, 15) is 40.2 Å². The molecule has 4 saturated heterocycles. The lowest BCUT2D eigenvalue weighted by Crippen LogP contribution is -2.67. The molecule has 6 N–H and O–H groups in total. The number of carbonyl (C=O) groups is 2. The first-order chi connectivity index (χ1) is 38.0. The van der Waals surface area contributed by atoms with Crippen LogP contribution in [0.4, 0.5) is 0 Å². The van der Waals surface area contributed by atoms with Crippen molar-refractivity contribution < 1.29 is 78.1 Å². The summed E-state index contributed by atoms with van der Waals surface area (Å²) in [6.07, 6.45) is 15.4. The van der Waals surface area contributed by atoms with Gasteiger partial charge in [-0.3, -0.25) is 4.79 Å². The molecule has 16 heteroatoms. The molecule has 0 amide bonds. The second kappa shape index (κ2) is 22.0. The van der Waals surface area contributed by atoms with E-state index in [0.29, 0.717) is 48.5 Å². The van der Waals surface area contributed by atoms with Gasteiger partial charge in [-0.1, -0.05) is 39.8 Å². The lowest BCUT2D eigenvalue weighted by molar-refractivity contribution is -0.336. The maximum Gasteiger partial charge on any atom is 0.331 e. The molecule has 29 atom stereocenters. The summed E-state index contributed by atoms with van der Waals surface area (Å²) in [6.45, 7) is 15.8. The van der Waals surface area contributed by atoms with E-state index in [4.69, 9.17) is 37.9 Å². The lowest BCUT2D eigenvalue weighted by atomic mass is 9.42. The van der Waals surface area contributed by atoms with Gasteiger partial charge in [0, 0.05) is 36.7 Å². The number of fused-ring (bicyclic) bond motifs is 10. The van der Waals surface area contributed by atoms with Crippen molar-refractivity contribution in [3.05, 3.63) is 23.8 Å². The molecule has 5 heterocycles. The first kappa shape index (κ1) is 58.3. The monoisotopic (exact) mass is 1120 g/mol. The van der Waals surface area contributed by atoms with Crippen LogP contribution in [0, 0.1) is 80.8 Å². The van der Waals surface area contributed by atoms with Crippen molar-refractivity contribution in [2.45, 2.75) is 268 Å². The van der Waals surface area contributed by atoms with E-state index < -0.39 is 90.9 Å². The zero-order chi connectivity index (χ0) is 56.4. The molecule has 80 heavy (non-hydrogen) atoms. The highest BCUT2D eigenvalue weighted by Gasteiger charge is 2.71. The Morgan fingerprint density at radius 2 is 1.23 bits per heavy atom. The molecule has 0 radical (unpaired) electrons. The highest BCUT2D eigenvalue weighted by atomic mass is 16.7. The fourth-order valence-electron chi connectivity index (χ4n) is 21.2. The van der Waals surface area contributed by atoms with Crippen LogP contribution in [0.2, 0.25) is 0 Å². The Labute approximate surface area is 474 Å². The molecule has 13 aliphatic rings. The van der Waals surface area contributed by atoms with Gasteiger partial charge in [0.25, 0.3) is 0 Å². The van der Waals surface area contributed by atoms with E-state index in [0.717, 1.165) is 73.7 Å². The Bertz CT molecular complexity index is 2290. The molecule has 0 spiro atoms. The van der Waals surface area contributed by atoms with Crippen molar-refractivity contribution in [3.8, 4) is 0 Å². The Hall–Kier alpha value is -2.06. The molecule has 0 aromatic carbocycles. The van der Waals surface area contributed by atoms with Crippen molar-refractivity contribution in [2.24, 2.45) is 80.8 Å². The van der Waals surface area contributed by atoms with Gasteiger partial charge < -0.3 is 68.5 Å². The summed E-state index contributed by atoms with van der Waals surface area (Å²) >= 11 is 0. The van der Waals surface area contributed by atoms with Crippen LogP contribution in [0.15, 0.2) is 23.8 Å². The Morgan fingerprint density at radius 3 is 1.88 bits per heavy atom. The number of ether oxygens (including phenoxy) is 8. The number of hydrogen-bond donors (Lipinski definition) is 6. The highest BCUT2D eigenvalue weighted by molar-refractivity contribution is 5.85. The third-order valence-electron chi connectivity index (χ3n) is 25.6. The van der Waals surface area contributed by atoms with Crippen molar-refractivity contribution in [1.29, 1.82) is 0 Å². The van der Waals surface area contributed by atoms with Crippen LogP contribution < -0.4 is 0 Å². The third kappa shape index (κ3) is 9.86. The van der Waals surface area contributed by atoms with E-state index in [2.05, 4.69) is 32.9 Å². The van der Waals surface area contributed by atoms with Gasteiger partial charge in [0.1, 0.15) is 24.9 Å². The fraction of sp³-hybridized carbons (Fsp3) is 0.906. The number of cyclic esters (lactones) is 2. The van der Waals surface area contributed by atoms with Gasteiger partial charge in [0.05, 0.1) is 67.5 Å². The van der Waals surface area contributed by atoms with E-state index >= 15 is 0 Å². The van der Waals surface area contributed by atoms with Crippen LogP contribution in [-0.4, -0.2) is 147 Å². The van der Waals surface area contributed by atoms with Crippen LogP contribution >= 0.6 is 0 Å². The van der Waals surface area contributed by atoms with Gasteiger partial charge >= 0.3 is 11.9 Å². The number of aliphatic hydroxyl groups is 6. The molecular formula is C64H98O16. The maximum absolute atomic E-state index is 12.6. The molecule has 16 nitrogen and oxygen atoms in total. The largest absolute Gasteiger partial charge is 0.465 e. The smallest absolute Gasteiger partial charge is 0.331 e. The normalized spacial score (nSPS) is 55.2. The summed E-state index contributed by atoms with van der Waals surface area (Å²) in [5.74, 6) is 5.12. The first-order valence-electron chi connectivity index (χ1n) is 31.8. The van der Waals surface area contributed by atoms with E-state index in [-0.39, 0.29) is 67.1 Å². The van der Waals surface area contributed by atoms with E-state index in [1.807, 2.05) is 13.8 Å². The van der Waals surface area contributed by atoms with Gasteiger partial charge in [-0.15, -0.1) is 0 Å². The summed E-state index contributed by atoms with van der Waals surface area (Å²) in [7, 11) is 0. The zero-order valence-electron chi connectivity index (χ0n) is 48.9. The molecule has 8 aliphatic carbocycles. The van der Waals surface area contributed by atoms with Crippen LogP contribution in [-0.2, 0) is 47.5 Å². The zero-order valence-corrected chi connectivity index (χ0v) is 48.9. The van der Waals surface area contributed by atoms with Gasteiger partial charge in [0.2, 0.25) is 0 Å². The molecule has 1 unspecified atom stereocenters. The van der Waals surface area contributed by atoms with Crippen molar-refractivity contribution in [1.82, 2.24) is 0 Å². The minimum absolute atomic E-state index is 0.0452. The number of hydrogen-bond acceptors (Lipinski definition) is 16. The first-order valence-corrected chi connectivity index (χ1v) is 31.8. The average Bonchev–Trinajstić information content (AvgIpc) is 4.01. The number of aliphatic hydroxyl groups excluding tert-OH is 5. The average molecular weight is 1120 g/mol. The predicted octanol–water partition coefficient (Wildman–Crippen LogP) is 7.59. The maximum atomic E-state index is 12.6. The molecule has 0 aromatic rings. The van der Waals surface area contributed by atoms with E-state index in [1.165, 1.54) is 51.4 Å². The second-order valence-corrected chi connectivity index (χ2v) is 29.2. The Morgan fingerprint density at radius 1 is 0.588 bits per heavy atom. The van der Waals surface area contributed by atoms with Crippen LogP contribution in [0.5, 0.6) is 0 Å².